The van der Waals surface area contributed by atoms with Crippen LogP contribution in [0.25, 0.3) is 0 Å². The molecule has 0 bridgehead atoms. The standard InChI is InChI=1S/C32H63O12P/c1-3-5-7-9-11-13-14-15-17-19-21-26(33)43-25(23-41-22-20-18-16-12-10-8-6-4-2)24-42-45(39,40)44-32-30(37)28(35)27(34)29(36)31(32)38/h25,27-32,34-38H,3-24H2,1-2H3,(H,39,40). The smallest absolute Gasteiger partial charge is 0.457 e. The van der Waals surface area contributed by atoms with Gasteiger partial charge in [0.15, 0.2) is 0 Å². The molecule has 13 heteroatoms. The van der Waals surface area contributed by atoms with E-state index in [0.29, 0.717) is 13.0 Å². The van der Waals surface area contributed by atoms with Gasteiger partial charge in [-0.1, -0.05) is 117 Å². The second-order valence-corrected chi connectivity index (χ2v) is 13.8. The quantitative estimate of drug-likeness (QED) is 0.0383. The van der Waals surface area contributed by atoms with Crippen molar-refractivity contribution in [3.05, 3.63) is 0 Å². The molecule has 0 saturated heterocycles. The zero-order valence-corrected chi connectivity index (χ0v) is 28.6. The number of unbranched alkanes of at least 4 members (excludes halogenated alkanes) is 16. The summed E-state index contributed by atoms with van der Waals surface area (Å²) < 4.78 is 33.7. The highest BCUT2D eigenvalue weighted by molar-refractivity contribution is 7.47. The van der Waals surface area contributed by atoms with E-state index < -0.39 is 63.1 Å². The maximum Gasteiger partial charge on any atom is 0.472 e. The van der Waals surface area contributed by atoms with Gasteiger partial charge in [0, 0.05) is 13.0 Å². The lowest BCUT2D eigenvalue weighted by atomic mass is 9.85. The number of phosphoric acid groups is 1. The van der Waals surface area contributed by atoms with E-state index in [1.807, 2.05) is 0 Å². The molecular formula is C32H63O12P. The number of aliphatic hydroxyl groups is 5. The largest absolute Gasteiger partial charge is 0.472 e. The fourth-order valence-electron chi connectivity index (χ4n) is 5.35. The van der Waals surface area contributed by atoms with Crippen LogP contribution in [0.15, 0.2) is 0 Å². The van der Waals surface area contributed by atoms with E-state index in [-0.39, 0.29) is 13.0 Å². The summed E-state index contributed by atoms with van der Waals surface area (Å²) in [7, 11) is -4.99. The van der Waals surface area contributed by atoms with Gasteiger partial charge in [-0.15, -0.1) is 0 Å². The van der Waals surface area contributed by atoms with Gasteiger partial charge in [0.2, 0.25) is 0 Å². The van der Waals surface area contributed by atoms with Crippen LogP contribution < -0.4 is 0 Å². The normalized spacial score (nSPS) is 25.6. The SMILES string of the molecule is CCCCCCCCCCCCC(=O)OC(COCCCCCCCCCC)COP(=O)(O)OC1C(O)C(O)C(O)C(O)C1O. The molecule has 1 aliphatic rings. The molecule has 0 aliphatic heterocycles. The summed E-state index contributed by atoms with van der Waals surface area (Å²) in [4.78, 5) is 22.8. The molecule has 0 aromatic carbocycles. The second-order valence-electron chi connectivity index (χ2n) is 12.4. The Bertz CT molecular complexity index is 771. The molecule has 1 rings (SSSR count). The lowest BCUT2D eigenvalue weighted by Crippen LogP contribution is -2.64. The number of ether oxygens (including phenoxy) is 2. The van der Waals surface area contributed by atoms with E-state index in [4.69, 9.17) is 18.5 Å². The molecule has 0 spiro atoms. The van der Waals surface area contributed by atoms with Crippen molar-refractivity contribution in [2.45, 2.75) is 179 Å². The van der Waals surface area contributed by atoms with E-state index in [9.17, 15) is 39.8 Å². The molecule has 0 heterocycles. The first-order chi connectivity index (χ1) is 21.5. The van der Waals surface area contributed by atoms with Crippen molar-refractivity contribution in [3.63, 3.8) is 0 Å². The highest BCUT2D eigenvalue weighted by atomic mass is 31.2. The van der Waals surface area contributed by atoms with E-state index in [0.717, 1.165) is 38.5 Å². The van der Waals surface area contributed by atoms with Crippen LogP contribution >= 0.6 is 7.82 Å². The van der Waals surface area contributed by atoms with Crippen LogP contribution in [0.5, 0.6) is 0 Å². The van der Waals surface area contributed by atoms with Crippen LogP contribution in [0.4, 0.5) is 0 Å². The zero-order valence-electron chi connectivity index (χ0n) is 27.7. The first-order valence-electron chi connectivity index (χ1n) is 17.4. The van der Waals surface area contributed by atoms with Crippen molar-refractivity contribution in [2.24, 2.45) is 0 Å². The Labute approximate surface area is 270 Å². The summed E-state index contributed by atoms with van der Waals surface area (Å²) in [6.07, 6.45) is 7.84. The number of phosphoric ester groups is 1. The molecule has 1 fully saturated rings. The third kappa shape index (κ3) is 19.1. The molecule has 45 heavy (non-hydrogen) atoms. The van der Waals surface area contributed by atoms with Gasteiger partial charge in [-0.3, -0.25) is 13.8 Å². The minimum atomic E-state index is -4.99. The number of hydrogen-bond acceptors (Lipinski definition) is 11. The second kappa shape index (κ2) is 25.4. The average molecular weight is 671 g/mol. The van der Waals surface area contributed by atoms with E-state index in [1.54, 1.807) is 0 Å². The summed E-state index contributed by atoms with van der Waals surface area (Å²) >= 11 is 0. The molecular weight excluding hydrogens is 607 g/mol. The van der Waals surface area contributed by atoms with Gasteiger partial charge in [0.1, 0.15) is 42.7 Å². The molecule has 1 aliphatic carbocycles. The Morgan fingerprint density at radius 2 is 1.04 bits per heavy atom. The third-order valence-electron chi connectivity index (χ3n) is 8.23. The number of carbonyl (C=O) groups is 1. The van der Waals surface area contributed by atoms with Crippen LogP contribution in [-0.2, 0) is 27.9 Å². The van der Waals surface area contributed by atoms with Gasteiger partial charge < -0.3 is 39.9 Å². The summed E-state index contributed by atoms with van der Waals surface area (Å²) in [6.45, 7) is 4.17. The average Bonchev–Trinajstić information content (AvgIpc) is 3.01. The zero-order chi connectivity index (χ0) is 33.5. The van der Waals surface area contributed by atoms with Crippen molar-refractivity contribution >= 4 is 13.8 Å². The van der Waals surface area contributed by atoms with E-state index >= 15 is 0 Å². The number of rotatable bonds is 28. The molecule has 0 radical (unpaired) electrons. The summed E-state index contributed by atoms with van der Waals surface area (Å²) in [5, 5.41) is 49.7. The van der Waals surface area contributed by atoms with E-state index in [1.165, 1.54) is 70.6 Å². The fourth-order valence-corrected chi connectivity index (χ4v) is 6.33. The van der Waals surface area contributed by atoms with Crippen LogP contribution in [0, 0.1) is 0 Å². The number of carbonyl (C=O) groups excluding carboxylic acids is 1. The molecule has 6 unspecified atom stereocenters. The highest BCUT2D eigenvalue weighted by Crippen LogP contribution is 2.47. The van der Waals surface area contributed by atoms with Gasteiger partial charge in [-0.2, -0.15) is 0 Å². The van der Waals surface area contributed by atoms with Gasteiger partial charge in [0.25, 0.3) is 0 Å². The predicted molar refractivity (Wildman–Crippen MR) is 170 cm³/mol. The number of hydrogen-bond donors (Lipinski definition) is 6. The Balaban J connectivity index is 2.53. The summed E-state index contributed by atoms with van der Waals surface area (Å²) in [5.41, 5.74) is 0. The minimum Gasteiger partial charge on any atom is -0.457 e. The molecule has 1 saturated carbocycles. The van der Waals surface area contributed by atoms with Gasteiger partial charge in [-0.05, 0) is 12.8 Å². The Hall–Kier alpha value is -0.660. The molecule has 6 N–H and O–H groups in total. The summed E-state index contributed by atoms with van der Waals surface area (Å²) in [6, 6.07) is 0. The lowest BCUT2D eigenvalue weighted by Gasteiger charge is -2.41. The van der Waals surface area contributed by atoms with Crippen LogP contribution in [0.3, 0.4) is 0 Å². The number of esters is 1. The first kappa shape index (κ1) is 42.4. The topological polar surface area (TPSA) is 192 Å². The Morgan fingerprint density at radius 1 is 0.622 bits per heavy atom. The van der Waals surface area contributed by atoms with Gasteiger partial charge >= 0.3 is 13.8 Å². The minimum absolute atomic E-state index is 0.0709. The van der Waals surface area contributed by atoms with Crippen molar-refractivity contribution in [3.8, 4) is 0 Å². The first-order valence-corrected chi connectivity index (χ1v) is 18.9. The maximum absolute atomic E-state index is 12.7. The predicted octanol–water partition coefficient (Wildman–Crippen LogP) is 4.69. The van der Waals surface area contributed by atoms with Crippen molar-refractivity contribution in [1.29, 1.82) is 0 Å². The molecule has 0 aromatic rings. The fraction of sp³-hybridized carbons (Fsp3) is 0.969. The molecule has 0 aromatic heterocycles. The lowest BCUT2D eigenvalue weighted by molar-refractivity contribution is -0.220. The van der Waals surface area contributed by atoms with Crippen molar-refractivity contribution in [1.82, 2.24) is 0 Å². The Morgan fingerprint density at radius 3 is 1.53 bits per heavy atom. The van der Waals surface area contributed by atoms with E-state index in [2.05, 4.69) is 13.8 Å². The van der Waals surface area contributed by atoms with Gasteiger partial charge in [-0.25, -0.2) is 4.57 Å². The molecule has 12 nitrogen and oxygen atoms in total. The monoisotopic (exact) mass is 670 g/mol. The molecule has 6 atom stereocenters. The van der Waals surface area contributed by atoms with Crippen LogP contribution in [-0.4, -0.2) is 98.9 Å². The van der Waals surface area contributed by atoms with Crippen molar-refractivity contribution < 1.29 is 58.3 Å². The Kier molecular flexibility index (Phi) is 23.9. The molecule has 268 valence electrons. The summed E-state index contributed by atoms with van der Waals surface area (Å²) in [5.74, 6) is -0.481. The van der Waals surface area contributed by atoms with Crippen molar-refractivity contribution in [2.75, 3.05) is 19.8 Å². The van der Waals surface area contributed by atoms with Crippen LogP contribution in [0.1, 0.15) is 136 Å². The highest BCUT2D eigenvalue weighted by Gasteiger charge is 2.51. The third-order valence-corrected chi connectivity index (χ3v) is 9.22. The number of aliphatic hydroxyl groups excluding tert-OH is 5. The van der Waals surface area contributed by atoms with Crippen LogP contribution in [0.2, 0.25) is 0 Å². The maximum atomic E-state index is 12.7. The molecule has 0 amide bonds. The van der Waals surface area contributed by atoms with Gasteiger partial charge in [0.05, 0.1) is 13.2 Å².